The van der Waals surface area contributed by atoms with Crippen LogP contribution in [0.1, 0.15) is 0 Å². The Morgan fingerprint density at radius 1 is 1.53 bits per heavy atom. The van der Waals surface area contributed by atoms with Gasteiger partial charge in [-0.3, -0.25) is 10.1 Å². The van der Waals surface area contributed by atoms with Crippen LogP contribution in [-0.2, 0) is 0 Å². The van der Waals surface area contributed by atoms with Crippen LogP contribution in [0.5, 0.6) is 5.75 Å². The summed E-state index contributed by atoms with van der Waals surface area (Å²) in [4.78, 5) is 10.2. The zero-order valence-electron chi connectivity index (χ0n) is 7.69. The molecule has 15 heavy (non-hydrogen) atoms. The van der Waals surface area contributed by atoms with Gasteiger partial charge in [0, 0.05) is 12.1 Å². The zero-order chi connectivity index (χ0) is 11.0. The summed E-state index contributed by atoms with van der Waals surface area (Å²) >= 11 is 3.16. The molecule has 1 aromatic heterocycles. The molecule has 0 spiro atoms. The molecular weight excluding hydrogens is 266 g/mol. The van der Waals surface area contributed by atoms with E-state index in [0.717, 1.165) is 0 Å². The van der Waals surface area contributed by atoms with Gasteiger partial charge in [0.05, 0.1) is 17.4 Å². The minimum absolute atomic E-state index is 0.0710. The topological polar surface area (TPSA) is 65.5 Å². The molecule has 78 valence electrons. The standard InChI is InChI=1S/C9H6BrNO4/c1-14-9-5-4-8(10)15-7(5)3-2-6(9)11(12)13/h2-4H,1H3. The third kappa shape index (κ3) is 1.56. The Morgan fingerprint density at radius 2 is 2.27 bits per heavy atom. The molecule has 0 amide bonds. The summed E-state index contributed by atoms with van der Waals surface area (Å²) in [5.41, 5.74) is 0.475. The second-order valence-electron chi connectivity index (χ2n) is 2.84. The largest absolute Gasteiger partial charge is 0.490 e. The second-order valence-corrected chi connectivity index (χ2v) is 3.62. The van der Waals surface area contributed by atoms with Crippen LogP contribution in [0.15, 0.2) is 27.3 Å². The number of nitrogens with zero attached hydrogens (tertiary/aromatic N) is 1. The van der Waals surface area contributed by atoms with Crippen LogP contribution in [0.3, 0.4) is 0 Å². The molecule has 6 heteroatoms. The van der Waals surface area contributed by atoms with Crippen LogP contribution in [0, 0.1) is 10.1 Å². The summed E-state index contributed by atoms with van der Waals surface area (Å²) < 4.78 is 10.8. The van der Waals surface area contributed by atoms with E-state index in [9.17, 15) is 10.1 Å². The van der Waals surface area contributed by atoms with Crippen LogP contribution >= 0.6 is 15.9 Å². The quantitative estimate of drug-likeness (QED) is 0.622. The molecule has 0 saturated carbocycles. The highest BCUT2D eigenvalue weighted by molar-refractivity contribution is 9.10. The van der Waals surface area contributed by atoms with Crippen molar-refractivity contribution in [3.05, 3.63) is 33.0 Å². The molecule has 2 rings (SSSR count). The van der Waals surface area contributed by atoms with Crippen molar-refractivity contribution in [1.82, 2.24) is 0 Å². The smallest absolute Gasteiger partial charge is 0.311 e. The molecule has 0 aliphatic carbocycles. The average molecular weight is 272 g/mol. The molecule has 1 heterocycles. The minimum Gasteiger partial charge on any atom is -0.490 e. The van der Waals surface area contributed by atoms with Crippen molar-refractivity contribution >= 4 is 32.6 Å². The molecule has 0 radical (unpaired) electrons. The third-order valence-corrected chi connectivity index (χ3v) is 2.39. The maximum absolute atomic E-state index is 10.7. The van der Waals surface area contributed by atoms with Crippen LogP contribution in [0.4, 0.5) is 5.69 Å². The number of nitro groups is 1. The Balaban J connectivity index is 2.80. The fraction of sp³-hybridized carbons (Fsp3) is 0.111. The number of rotatable bonds is 2. The normalized spacial score (nSPS) is 10.5. The Labute approximate surface area is 92.9 Å². The SMILES string of the molecule is COc1c([N+](=O)[O-])ccc2oc(Br)cc12. The first-order valence-corrected chi connectivity index (χ1v) is 4.83. The summed E-state index contributed by atoms with van der Waals surface area (Å²) in [5, 5.41) is 11.3. The number of ether oxygens (including phenoxy) is 1. The summed E-state index contributed by atoms with van der Waals surface area (Å²) in [6.45, 7) is 0. The van der Waals surface area contributed by atoms with Crippen molar-refractivity contribution in [2.24, 2.45) is 0 Å². The summed E-state index contributed by atoms with van der Waals surface area (Å²) in [6.07, 6.45) is 0. The van der Waals surface area contributed by atoms with E-state index in [0.29, 0.717) is 15.6 Å². The van der Waals surface area contributed by atoms with Gasteiger partial charge in [0.15, 0.2) is 4.67 Å². The van der Waals surface area contributed by atoms with E-state index in [1.54, 1.807) is 12.1 Å². The van der Waals surface area contributed by atoms with Gasteiger partial charge >= 0.3 is 5.69 Å². The molecule has 2 aromatic rings. The highest BCUT2D eigenvalue weighted by atomic mass is 79.9. The molecule has 0 unspecified atom stereocenters. The molecule has 1 aromatic carbocycles. The van der Waals surface area contributed by atoms with Crippen molar-refractivity contribution in [3.8, 4) is 5.75 Å². The predicted octanol–water partition coefficient (Wildman–Crippen LogP) is 3.11. The summed E-state index contributed by atoms with van der Waals surface area (Å²) in [5.74, 6) is 0.215. The van der Waals surface area contributed by atoms with E-state index in [4.69, 9.17) is 9.15 Å². The van der Waals surface area contributed by atoms with Gasteiger partial charge in [-0.15, -0.1) is 0 Å². The first-order chi connectivity index (χ1) is 7.13. The van der Waals surface area contributed by atoms with E-state index >= 15 is 0 Å². The lowest BCUT2D eigenvalue weighted by Crippen LogP contribution is -1.93. The monoisotopic (exact) mass is 271 g/mol. The molecule has 5 nitrogen and oxygen atoms in total. The zero-order valence-corrected chi connectivity index (χ0v) is 9.28. The maximum atomic E-state index is 10.7. The van der Waals surface area contributed by atoms with Crippen molar-refractivity contribution in [3.63, 3.8) is 0 Å². The number of furan rings is 1. The van der Waals surface area contributed by atoms with E-state index in [-0.39, 0.29) is 11.4 Å². The van der Waals surface area contributed by atoms with E-state index < -0.39 is 4.92 Å². The van der Waals surface area contributed by atoms with Crippen LogP contribution in [0.2, 0.25) is 0 Å². The molecule has 0 fully saturated rings. The Bertz CT molecular complexity index is 534. The van der Waals surface area contributed by atoms with Gasteiger partial charge in [-0.2, -0.15) is 0 Å². The van der Waals surface area contributed by atoms with Crippen molar-refractivity contribution in [1.29, 1.82) is 0 Å². The highest BCUT2D eigenvalue weighted by Gasteiger charge is 2.19. The van der Waals surface area contributed by atoms with Gasteiger partial charge < -0.3 is 9.15 Å². The Kier molecular flexibility index (Phi) is 2.36. The fourth-order valence-electron chi connectivity index (χ4n) is 1.40. The van der Waals surface area contributed by atoms with Gasteiger partial charge in [-0.1, -0.05) is 0 Å². The van der Waals surface area contributed by atoms with Crippen LogP contribution in [-0.4, -0.2) is 12.0 Å². The Morgan fingerprint density at radius 3 is 2.87 bits per heavy atom. The molecule has 0 N–H and O–H groups in total. The molecule has 0 saturated heterocycles. The van der Waals surface area contributed by atoms with Crippen molar-refractivity contribution < 1.29 is 14.1 Å². The van der Waals surface area contributed by atoms with Gasteiger partial charge in [0.1, 0.15) is 5.58 Å². The van der Waals surface area contributed by atoms with Gasteiger partial charge in [0.25, 0.3) is 0 Å². The summed E-state index contributed by atoms with van der Waals surface area (Å²) in [7, 11) is 1.39. The van der Waals surface area contributed by atoms with Crippen LogP contribution < -0.4 is 4.74 Å². The fourth-order valence-corrected chi connectivity index (χ4v) is 1.81. The second kappa shape index (κ2) is 3.54. The third-order valence-electron chi connectivity index (χ3n) is 2.00. The lowest BCUT2D eigenvalue weighted by Gasteiger charge is -2.01. The van der Waals surface area contributed by atoms with Crippen molar-refractivity contribution in [2.45, 2.75) is 0 Å². The number of fused-ring (bicyclic) bond motifs is 1. The number of benzene rings is 1. The number of nitro benzene ring substituents is 1. The number of halogens is 1. The van der Waals surface area contributed by atoms with E-state index in [1.165, 1.54) is 13.2 Å². The lowest BCUT2D eigenvalue weighted by molar-refractivity contribution is -0.385. The molecule has 0 atom stereocenters. The first kappa shape index (κ1) is 9.97. The number of methoxy groups -OCH3 is 1. The Hall–Kier alpha value is -1.56. The molecule has 0 bridgehead atoms. The average Bonchev–Trinajstić information content (AvgIpc) is 2.55. The van der Waals surface area contributed by atoms with Gasteiger partial charge in [-0.25, -0.2) is 0 Å². The number of hydrogen-bond donors (Lipinski definition) is 0. The van der Waals surface area contributed by atoms with E-state index in [1.807, 2.05) is 0 Å². The minimum atomic E-state index is -0.487. The predicted molar refractivity (Wildman–Crippen MR) is 57.1 cm³/mol. The van der Waals surface area contributed by atoms with Crippen LogP contribution in [0.25, 0.3) is 11.0 Å². The first-order valence-electron chi connectivity index (χ1n) is 4.04. The van der Waals surface area contributed by atoms with Crippen molar-refractivity contribution in [2.75, 3.05) is 7.11 Å². The highest BCUT2D eigenvalue weighted by Crippen LogP contribution is 2.37. The van der Waals surface area contributed by atoms with E-state index in [2.05, 4.69) is 15.9 Å². The van der Waals surface area contributed by atoms with Gasteiger partial charge in [-0.05, 0) is 22.0 Å². The number of hydrogen-bond acceptors (Lipinski definition) is 4. The van der Waals surface area contributed by atoms with Gasteiger partial charge in [0.2, 0.25) is 5.75 Å². The molecule has 0 aliphatic heterocycles. The maximum Gasteiger partial charge on any atom is 0.311 e. The lowest BCUT2D eigenvalue weighted by atomic mass is 10.2. The molecular formula is C9H6BrNO4. The summed E-state index contributed by atoms with van der Waals surface area (Å²) in [6, 6.07) is 4.54. The molecule has 0 aliphatic rings.